The number of halogens is 1. The molecule has 1 fully saturated rings. The summed E-state index contributed by atoms with van der Waals surface area (Å²) < 4.78 is 37.5. The zero-order chi connectivity index (χ0) is 21.0. The van der Waals surface area contributed by atoms with Gasteiger partial charge in [-0.15, -0.1) is 0 Å². The molecule has 0 radical (unpaired) electrons. The molecule has 3 rings (SSSR count). The number of piperidine rings is 1. The number of carbonyl (C=O) groups excluding carboxylic acids is 2. The number of hydrogen-bond acceptors (Lipinski definition) is 4. The van der Waals surface area contributed by atoms with Crippen LogP contribution in [0.5, 0.6) is 0 Å². The average Bonchev–Trinajstić information content (AvgIpc) is 2.67. The van der Waals surface area contributed by atoms with Gasteiger partial charge in [0.25, 0.3) is 16.1 Å². The van der Waals surface area contributed by atoms with Gasteiger partial charge in [-0.25, -0.2) is 9.53 Å². The Morgan fingerprint density at radius 3 is 2.48 bits per heavy atom. The molecular weight excluding hydrogens is 399 g/mol. The Balaban J connectivity index is 1.64. The Morgan fingerprint density at radius 1 is 1.10 bits per heavy atom. The number of nitrogens with two attached hydrogens (primary N) is 1. The van der Waals surface area contributed by atoms with Crippen molar-refractivity contribution < 1.29 is 22.4 Å². The number of likely N-dealkylation sites (tertiary alicyclic amines) is 1. The SMILES string of the molecule is NS(=O)(=O)Nc1cccc(NC(=O)C2CCCN(C(=O)c3ccc(F)cc3)C2)c1. The molecule has 4 N–H and O–H groups in total. The quantitative estimate of drug-likeness (QED) is 0.684. The van der Waals surface area contributed by atoms with Gasteiger partial charge in [0.1, 0.15) is 5.82 Å². The lowest BCUT2D eigenvalue weighted by atomic mass is 9.96. The van der Waals surface area contributed by atoms with E-state index in [4.69, 9.17) is 5.14 Å². The molecule has 1 unspecified atom stereocenters. The Morgan fingerprint density at radius 2 is 1.79 bits per heavy atom. The molecule has 1 saturated heterocycles. The molecule has 1 heterocycles. The molecule has 2 aromatic carbocycles. The van der Waals surface area contributed by atoms with Crippen molar-refractivity contribution in [3.63, 3.8) is 0 Å². The third-order valence-electron chi connectivity index (χ3n) is 4.56. The highest BCUT2D eigenvalue weighted by Gasteiger charge is 2.29. The molecule has 2 amide bonds. The molecule has 154 valence electrons. The largest absolute Gasteiger partial charge is 0.338 e. The second kappa shape index (κ2) is 8.58. The molecule has 0 aliphatic carbocycles. The molecule has 8 nitrogen and oxygen atoms in total. The van der Waals surface area contributed by atoms with E-state index in [0.29, 0.717) is 30.6 Å². The molecule has 0 aromatic heterocycles. The van der Waals surface area contributed by atoms with E-state index in [9.17, 15) is 22.4 Å². The van der Waals surface area contributed by atoms with Crippen molar-refractivity contribution in [1.29, 1.82) is 0 Å². The topological polar surface area (TPSA) is 122 Å². The van der Waals surface area contributed by atoms with Crippen molar-refractivity contribution in [2.75, 3.05) is 23.1 Å². The Hall–Kier alpha value is -2.98. The van der Waals surface area contributed by atoms with Crippen LogP contribution in [-0.2, 0) is 15.0 Å². The number of benzene rings is 2. The molecule has 2 aromatic rings. The lowest BCUT2D eigenvalue weighted by Gasteiger charge is -2.32. The molecule has 0 saturated carbocycles. The third kappa shape index (κ3) is 5.75. The van der Waals surface area contributed by atoms with Gasteiger partial charge in [0.05, 0.1) is 11.6 Å². The smallest absolute Gasteiger partial charge is 0.296 e. The Kier molecular flexibility index (Phi) is 6.14. The molecule has 1 aliphatic rings. The van der Waals surface area contributed by atoms with Crippen molar-refractivity contribution in [1.82, 2.24) is 4.90 Å². The standard InChI is InChI=1S/C19H21FN4O4S/c20-15-8-6-13(7-9-15)19(26)24-10-2-3-14(12-24)18(25)22-16-4-1-5-17(11-16)23-29(21,27)28/h1,4-9,11,14,23H,2-3,10,12H2,(H,22,25)(H2,21,27,28). The van der Waals surface area contributed by atoms with Crippen LogP contribution in [0.15, 0.2) is 48.5 Å². The van der Waals surface area contributed by atoms with E-state index in [2.05, 4.69) is 10.0 Å². The zero-order valence-corrected chi connectivity index (χ0v) is 16.3. The molecule has 10 heteroatoms. The van der Waals surface area contributed by atoms with Crippen LogP contribution in [0, 0.1) is 11.7 Å². The maximum Gasteiger partial charge on any atom is 0.296 e. The third-order valence-corrected chi connectivity index (χ3v) is 5.08. The number of nitrogens with zero attached hydrogens (tertiary/aromatic N) is 1. The van der Waals surface area contributed by atoms with E-state index in [0.717, 1.165) is 0 Å². The van der Waals surface area contributed by atoms with E-state index in [1.165, 1.54) is 36.4 Å². The first-order valence-electron chi connectivity index (χ1n) is 8.97. The van der Waals surface area contributed by atoms with Crippen LogP contribution >= 0.6 is 0 Å². The molecule has 1 atom stereocenters. The average molecular weight is 420 g/mol. The Bertz CT molecular complexity index is 1010. The van der Waals surface area contributed by atoms with Gasteiger partial charge in [-0.05, 0) is 55.3 Å². The van der Waals surface area contributed by atoms with Crippen molar-refractivity contribution in [3.8, 4) is 0 Å². The predicted molar refractivity (Wildman–Crippen MR) is 107 cm³/mol. The minimum Gasteiger partial charge on any atom is -0.338 e. The maximum atomic E-state index is 13.1. The molecule has 1 aliphatic heterocycles. The molecule has 0 spiro atoms. The minimum atomic E-state index is -3.92. The van der Waals surface area contributed by atoms with E-state index >= 15 is 0 Å². The summed E-state index contributed by atoms with van der Waals surface area (Å²) in [5.41, 5.74) is 1.00. The Labute approximate surface area is 168 Å². The lowest BCUT2D eigenvalue weighted by Crippen LogP contribution is -2.43. The van der Waals surface area contributed by atoms with Crippen LogP contribution in [0.1, 0.15) is 23.2 Å². The fourth-order valence-electron chi connectivity index (χ4n) is 3.22. The number of amides is 2. The summed E-state index contributed by atoms with van der Waals surface area (Å²) >= 11 is 0. The first-order valence-corrected chi connectivity index (χ1v) is 10.5. The maximum absolute atomic E-state index is 13.1. The van der Waals surface area contributed by atoms with Crippen molar-refractivity contribution in [3.05, 3.63) is 59.9 Å². The number of anilines is 2. The van der Waals surface area contributed by atoms with Gasteiger partial charge >= 0.3 is 0 Å². The first-order chi connectivity index (χ1) is 13.7. The number of carbonyl (C=O) groups is 2. The van der Waals surface area contributed by atoms with Gasteiger partial charge in [-0.1, -0.05) is 6.07 Å². The van der Waals surface area contributed by atoms with Crippen LogP contribution in [-0.4, -0.2) is 38.2 Å². The molecule has 29 heavy (non-hydrogen) atoms. The van der Waals surface area contributed by atoms with E-state index in [-0.39, 0.29) is 24.0 Å². The van der Waals surface area contributed by atoms with Gasteiger partial charge in [-0.2, -0.15) is 8.42 Å². The van der Waals surface area contributed by atoms with Crippen molar-refractivity contribution in [2.24, 2.45) is 11.1 Å². The first kappa shape index (κ1) is 20.7. The summed E-state index contributed by atoms with van der Waals surface area (Å²) in [6.07, 6.45) is 1.28. The van der Waals surface area contributed by atoms with Crippen LogP contribution in [0.4, 0.5) is 15.8 Å². The summed E-state index contributed by atoms with van der Waals surface area (Å²) in [7, 11) is -3.92. The van der Waals surface area contributed by atoms with Crippen molar-refractivity contribution >= 4 is 33.4 Å². The van der Waals surface area contributed by atoms with Crippen LogP contribution in [0.2, 0.25) is 0 Å². The highest BCUT2D eigenvalue weighted by molar-refractivity contribution is 7.90. The van der Waals surface area contributed by atoms with Gasteiger partial charge in [0.2, 0.25) is 5.91 Å². The summed E-state index contributed by atoms with van der Waals surface area (Å²) in [5, 5.41) is 7.69. The summed E-state index contributed by atoms with van der Waals surface area (Å²) in [6.45, 7) is 0.769. The summed E-state index contributed by atoms with van der Waals surface area (Å²) in [4.78, 5) is 26.8. The normalized spacial score (nSPS) is 16.9. The van der Waals surface area contributed by atoms with Gasteiger partial charge < -0.3 is 10.2 Å². The van der Waals surface area contributed by atoms with E-state index in [1.807, 2.05) is 0 Å². The van der Waals surface area contributed by atoms with Gasteiger partial charge in [0.15, 0.2) is 0 Å². The fraction of sp³-hybridized carbons (Fsp3) is 0.263. The second-order valence-electron chi connectivity index (χ2n) is 6.81. The van der Waals surface area contributed by atoms with Gasteiger partial charge in [0, 0.05) is 24.3 Å². The van der Waals surface area contributed by atoms with Crippen LogP contribution in [0.3, 0.4) is 0 Å². The summed E-state index contributed by atoms with van der Waals surface area (Å²) in [5.74, 6) is -1.35. The van der Waals surface area contributed by atoms with E-state index in [1.54, 1.807) is 17.0 Å². The number of rotatable bonds is 5. The van der Waals surface area contributed by atoms with Gasteiger partial charge in [-0.3, -0.25) is 14.3 Å². The van der Waals surface area contributed by atoms with E-state index < -0.39 is 21.9 Å². The molecular formula is C19H21FN4O4S. The highest BCUT2D eigenvalue weighted by atomic mass is 32.2. The number of nitrogens with one attached hydrogen (secondary N) is 2. The predicted octanol–water partition coefficient (Wildman–Crippen LogP) is 1.93. The summed E-state index contributed by atoms with van der Waals surface area (Å²) in [6, 6.07) is 11.5. The molecule has 0 bridgehead atoms. The lowest BCUT2D eigenvalue weighted by molar-refractivity contribution is -0.121. The minimum absolute atomic E-state index is 0.224. The second-order valence-corrected chi connectivity index (χ2v) is 8.11. The van der Waals surface area contributed by atoms with Crippen LogP contribution < -0.4 is 15.2 Å². The monoisotopic (exact) mass is 420 g/mol. The highest BCUT2D eigenvalue weighted by Crippen LogP contribution is 2.22. The van der Waals surface area contributed by atoms with Crippen LogP contribution in [0.25, 0.3) is 0 Å². The fourth-order valence-corrected chi connectivity index (χ4v) is 3.68. The zero-order valence-electron chi connectivity index (χ0n) is 15.5. The number of hydrogen-bond donors (Lipinski definition) is 3. The van der Waals surface area contributed by atoms with Crippen molar-refractivity contribution in [2.45, 2.75) is 12.8 Å².